The number of rotatable bonds is 6. The van der Waals surface area contributed by atoms with E-state index in [0.29, 0.717) is 6.54 Å². The average Bonchev–Trinajstić information content (AvgIpc) is 3.07. The Hall–Kier alpha value is -0.130. The summed E-state index contributed by atoms with van der Waals surface area (Å²) in [5.41, 5.74) is 0.0662. The molecule has 2 rings (SSSR count). The van der Waals surface area contributed by atoms with Gasteiger partial charge in [-0.1, -0.05) is 19.8 Å². The van der Waals surface area contributed by atoms with Gasteiger partial charge in [0.15, 0.2) is 0 Å². The fourth-order valence-electron chi connectivity index (χ4n) is 2.79. The summed E-state index contributed by atoms with van der Waals surface area (Å²) in [5.74, 6) is 0. The largest absolute Gasteiger partial charge is 0.300 e. The van der Waals surface area contributed by atoms with Gasteiger partial charge < -0.3 is 0 Å². The van der Waals surface area contributed by atoms with Crippen LogP contribution in [0.5, 0.6) is 0 Å². The van der Waals surface area contributed by atoms with Crippen LogP contribution in [0.2, 0.25) is 0 Å². The molecule has 17 heavy (non-hydrogen) atoms. The fraction of sp³-hybridized carbons (Fsp3) is 1.00. The summed E-state index contributed by atoms with van der Waals surface area (Å²) in [7, 11) is -0.923. The maximum atomic E-state index is 11.9. The molecule has 100 valence electrons. The lowest BCUT2D eigenvalue weighted by atomic mass is 9.96. The molecule has 2 saturated carbocycles. The fourth-order valence-corrected chi connectivity index (χ4v) is 4.26. The van der Waals surface area contributed by atoms with E-state index in [2.05, 4.69) is 23.6 Å². The van der Waals surface area contributed by atoms with Crippen molar-refractivity contribution in [3.8, 4) is 0 Å². The molecule has 0 unspecified atom stereocenters. The highest BCUT2D eigenvalue weighted by molar-refractivity contribution is 7.90. The van der Waals surface area contributed by atoms with Crippen molar-refractivity contribution in [3.63, 3.8) is 0 Å². The Balaban J connectivity index is 1.98. The van der Waals surface area contributed by atoms with Crippen LogP contribution in [0.4, 0.5) is 0 Å². The molecule has 0 aromatic carbocycles. The van der Waals surface area contributed by atoms with Crippen molar-refractivity contribution >= 4 is 10.0 Å². The van der Waals surface area contributed by atoms with Gasteiger partial charge in [-0.25, -0.2) is 13.1 Å². The average molecular weight is 260 g/mol. The molecule has 0 heterocycles. The summed E-state index contributed by atoms with van der Waals surface area (Å²) in [6.45, 7) is 3.71. The zero-order chi connectivity index (χ0) is 12.5. The molecule has 0 amide bonds. The summed E-state index contributed by atoms with van der Waals surface area (Å²) < 4.78 is 26.6. The van der Waals surface area contributed by atoms with E-state index in [0.717, 1.165) is 32.2 Å². The van der Waals surface area contributed by atoms with Crippen molar-refractivity contribution in [1.29, 1.82) is 0 Å². The predicted molar refractivity (Wildman–Crippen MR) is 69.4 cm³/mol. The smallest absolute Gasteiger partial charge is 0.214 e. The van der Waals surface area contributed by atoms with E-state index in [1.807, 2.05) is 0 Å². The molecule has 0 atom stereocenters. The quantitative estimate of drug-likeness (QED) is 0.784. The van der Waals surface area contributed by atoms with E-state index >= 15 is 0 Å². The van der Waals surface area contributed by atoms with E-state index in [9.17, 15) is 8.42 Å². The first-order valence-electron chi connectivity index (χ1n) is 6.70. The van der Waals surface area contributed by atoms with Crippen LogP contribution in [-0.2, 0) is 10.0 Å². The van der Waals surface area contributed by atoms with Crippen LogP contribution in [0, 0.1) is 0 Å². The van der Waals surface area contributed by atoms with Crippen molar-refractivity contribution in [2.45, 2.75) is 56.2 Å². The Bertz CT molecular complexity index is 357. The SMILES string of the molecule is CCN(C)C1(CNS(=O)(=O)C2CC2)CCCC1. The molecule has 0 radical (unpaired) electrons. The number of likely N-dealkylation sites (N-methyl/N-ethyl adjacent to an activating group) is 1. The maximum absolute atomic E-state index is 11.9. The topological polar surface area (TPSA) is 49.4 Å². The molecule has 0 aliphatic heterocycles. The Kier molecular flexibility index (Phi) is 3.80. The molecule has 5 heteroatoms. The first-order valence-corrected chi connectivity index (χ1v) is 8.24. The third kappa shape index (κ3) is 2.83. The molecule has 0 bridgehead atoms. The van der Waals surface area contributed by atoms with Crippen molar-refractivity contribution in [1.82, 2.24) is 9.62 Å². The number of hydrogen-bond donors (Lipinski definition) is 1. The van der Waals surface area contributed by atoms with E-state index in [-0.39, 0.29) is 10.8 Å². The predicted octanol–water partition coefficient (Wildman–Crippen LogP) is 1.33. The Morgan fingerprint density at radius 1 is 1.29 bits per heavy atom. The summed E-state index contributed by atoms with van der Waals surface area (Å²) in [6, 6.07) is 0. The lowest BCUT2D eigenvalue weighted by molar-refractivity contribution is 0.135. The zero-order valence-corrected chi connectivity index (χ0v) is 11.7. The summed E-state index contributed by atoms with van der Waals surface area (Å²) in [4.78, 5) is 2.31. The van der Waals surface area contributed by atoms with Gasteiger partial charge in [-0.3, -0.25) is 4.90 Å². The number of nitrogens with zero attached hydrogens (tertiary/aromatic N) is 1. The molecule has 0 aromatic heterocycles. The molecule has 2 aliphatic rings. The lowest BCUT2D eigenvalue weighted by Crippen LogP contribution is -2.52. The summed E-state index contributed by atoms with van der Waals surface area (Å²) in [5, 5.41) is -0.104. The van der Waals surface area contributed by atoms with Crippen molar-refractivity contribution in [2.24, 2.45) is 0 Å². The van der Waals surface area contributed by atoms with Gasteiger partial charge in [0.1, 0.15) is 0 Å². The number of sulfonamides is 1. The second-order valence-electron chi connectivity index (χ2n) is 5.51. The van der Waals surface area contributed by atoms with E-state index in [1.54, 1.807) is 0 Å². The van der Waals surface area contributed by atoms with Gasteiger partial charge in [0, 0.05) is 12.1 Å². The number of hydrogen-bond acceptors (Lipinski definition) is 3. The molecular formula is C12H24N2O2S. The molecular weight excluding hydrogens is 236 g/mol. The third-order valence-corrected chi connectivity index (χ3v) is 6.28. The molecule has 2 fully saturated rings. The normalized spacial score (nSPS) is 24.4. The van der Waals surface area contributed by atoms with E-state index in [1.165, 1.54) is 12.8 Å². The van der Waals surface area contributed by atoms with Gasteiger partial charge in [0.25, 0.3) is 0 Å². The van der Waals surface area contributed by atoms with Gasteiger partial charge in [-0.2, -0.15) is 0 Å². The highest BCUT2D eigenvalue weighted by Crippen LogP contribution is 2.35. The van der Waals surface area contributed by atoms with Gasteiger partial charge in [0.2, 0.25) is 10.0 Å². The van der Waals surface area contributed by atoms with E-state index < -0.39 is 10.0 Å². The van der Waals surface area contributed by atoms with E-state index in [4.69, 9.17) is 0 Å². The second kappa shape index (κ2) is 4.86. The van der Waals surface area contributed by atoms with Gasteiger partial charge in [-0.05, 0) is 39.3 Å². The Labute approximate surface area is 105 Å². The van der Waals surface area contributed by atoms with Gasteiger partial charge in [-0.15, -0.1) is 0 Å². The third-order valence-electron chi connectivity index (χ3n) is 4.38. The van der Waals surface area contributed by atoms with Crippen LogP contribution in [-0.4, -0.2) is 44.2 Å². The minimum atomic E-state index is -3.03. The Morgan fingerprint density at radius 3 is 2.35 bits per heavy atom. The van der Waals surface area contributed by atoms with Crippen LogP contribution in [0.3, 0.4) is 0 Å². The minimum absolute atomic E-state index is 0.0662. The first kappa shape index (κ1) is 13.3. The van der Waals surface area contributed by atoms with Crippen molar-refractivity contribution in [2.75, 3.05) is 20.1 Å². The van der Waals surface area contributed by atoms with Gasteiger partial charge >= 0.3 is 0 Å². The van der Waals surface area contributed by atoms with Crippen LogP contribution < -0.4 is 4.72 Å². The minimum Gasteiger partial charge on any atom is -0.300 e. The van der Waals surface area contributed by atoms with Crippen molar-refractivity contribution < 1.29 is 8.42 Å². The molecule has 0 saturated heterocycles. The van der Waals surface area contributed by atoms with Crippen LogP contribution in [0.25, 0.3) is 0 Å². The van der Waals surface area contributed by atoms with Crippen molar-refractivity contribution in [3.05, 3.63) is 0 Å². The summed E-state index contributed by atoms with van der Waals surface area (Å²) >= 11 is 0. The molecule has 4 nitrogen and oxygen atoms in total. The van der Waals surface area contributed by atoms with Crippen LogP contribution in [0.15, 0.2) is 0 Å². The monoisotopic (exact) mass is 260 g/mol. The van der Waals surface area contributed by atoms with Gasteiger partial charge in [0.05, 0.1) is 5.25 Å². The second-order valence-corrected chi connectivity index (χ2v) is 7.56. The summed E-state index contributed by atoms with van der Waals surface area (Å²) in [6.07, 6.45) is 6.35. The van der Waals surface area contributed by atoms with Crippen LogP contribution in [0.1, 0.15) is 45.4 Å². The Morgan fingerprint density at radius 2 is 1.88 bits per heavy atom. The highest BCUT2D eigenvalue weighted by Gasteiger charge is 2.41. The molecule has 1 N–H and O–H groups in total. The van der Waals surface area contributed by atoms with Crippen LogP contribution >= 0.6 is 0 Å². The zero-order valence-electron chi connectivity index (χ0n) is 10.9. The standard InChI is InChI=1S/C12H24N2O2S/c1-3-14(2)12(8-4-5-9-12)10-13-17(15,16)11-6-7-11/h11,13H,3-10H2,1-2H3. The first-order chi connectivity index (χ1) is 8.00. The lowest BCUT2D eigenvalue weighted by Gasteiger charge is -2.38. The molecule has 0 spiro atoms. The highest BCUT2D eigenvalue weighted by atomic mass is 32.2. The molecule has 0 aromatic rings. The maximum Gasteiger partial charge on any atom is 0.214 e. The molecule has 2 aliphatic carbocycles. The number of nitrogens with one attached hydrogen (secondary N) is 1.